The van der Waals surface area contributed by atoms with Gasteiger partial charge in [-0.1, -0.05) is 6.07 Å². The normalized spacial score (nSPS) is 11.6. The van der Waals surface area contributed by atoms with Gasteiger partial charge in [-0.3, -0.25) is 9.89 Å². The lowest BCUT2D eigenvalue weighted by Gasteiger charge is -2.22. The van der Waals surface area contributed by atoms with Crippen molar-refractivity contribution < 1.29 is 4.79 Å². The molecule has 0 radical (unpaired) electrons. The number of aromatic amines is 1. The Morgan fingerprint density at radius 3 is 2.95 bits per heavy atom. The zero-order valence-corrected chi connectivity index (χ0v) is 12.8. The van der Waals surface area contributed by atoms with Crippen molar-refractivity contribution in [2.45, 2.75) is 20.4 Å². The summed E-state index contributed by atoms with van der Waals surface area (Å²) in [5.74, 6) is 0.0377. The first-order chi connectivity index (χ1) is 9.54. The summed E-state index contributed by atoms with van der Waals surface area (Å²) in [4.78, 5) is 12.9. The quantitative estimate of drug-likeness (QED) is 0.762. The molecular weight excluding hydrogens is 272 g/mol. The fraction of sp³-hybridized carbons (Fsp3) is 0.429. The van der Waals surface area contributed by atoms with Crippen LogP contribution in [0.15, 0.2) is 23.7 Å². The first-order valence-corrected chi connectivity index (χ1v) is 7.41. The Morgan fingerprint density at radius 2 is 2.30 bits per heavy atom. The highest BCUT2D eigenvalue weighted by molar-refractivity contribution is 7.13. The minimum absolute atomic E-state index is 0.0377. The van der Waals surface area contributed by atoms with E-state index >= 15 is 0 Å². The maximum atomic E-state index is 11.7. The third-order valence-electron chi connectivity index (χ3n) is 3.21. The molecule has 0 bridgehead atoms. The van der Waals surface area contributed by atoms with Crippen molar-refractivity contribution in [3.63, 3.8) is 0 Å². The highest BCUT2D eigenvalue weighted by atomic mass is 32.1. The van der Waals surface area contributed by atoms with E-state index in [-0.39, 0.29) is 5.91 Å². The van der Waals surface area contributed by atoms with Gasteiger partial charge in [-0.15, -0.1) is 11.3 Å². The molecule has 0 aliphatic rings. The Bertz CT molecular complexity index is 560. The van der Waals surface area contributed by atoms with Crippen LogP contribution in [0.2, 0.25) is 0 Å². The molecule has 0 spiro atoms. The zero-order valence-electron chi connectivity index (χ0n) is 12.0. The molecule has 1 amide bonds. The second-order valence-electron chi connectivity index (χ2n) is 5.31. The Balaban J connectivity index is 1.96. The van der Waals surface area contributed by atoms with E-state index in [1.165, 1.54) is 4.88 Å². The van der Waals surface area contributed by atoms with E-state index in [2.05, 4.69) is 26.9 Å². The molecule has 5 nitrogen and oxygen atoms in total. The standard InChI is InChI=1S/C14H20N4OS/c1-14(2,13(19)15-3)9-16-7-10-8-17-18-12(10)11-5-4-6-20-11/h4-6,8,16H,7,9H2,1-3H3,(H,15,19)(H,17,18). The van der Waals surface area contributed by atoms with E-state index in [1.54, 1.807) is 18.4 Å². The Labute approximate surface area is 122 Å². The summed E-state index contributed by atoms with van der Waals surface area (Å²) >= 11 is 1.68. The number of nitrogens with zero attached hydrogens (tertiary/aromatic N) is 1. The summed E-state index contributed by atoms with van der Waals surface area (Å²) in [6.07, 6.45) is 1.83. The minimum atomic E-state index is -0.429. The predicted octanol–water partition coefficient (Wildman–Crippen LogP) is 2.00. The molecular formula is C14H20N4OS. The van der Waals surface area contributed by atoms with Crippen LogP contribution in [-0.4, -0.2) is 29.7 Å². The van der Waals surface area contributed by atoms with Crippen molar-refractivity contribution in [2.75, 3.05) is 13.6 Å². The lowest BCUT2D eigenvalue weighted by Crippen LogP contribution is -2.41. The van der Waals surface area contributed by atoms with E-state index in [4.69, 9.17) is 0 Å². The molecule has 3 N–H and O–H groups in total. The zero-order chi connectivity index (χ0) is 14.6. The van der Waals surface area contributed by atoms with Crippen molar-refractivity contribution in [3.05, 3.63) is 29.3 Å². The van der Waals surface area contributed by atoms with E-state index in [0.717, 1.165) is 11.3 Å². The SMILES string of the molecule is CNC(=O)C(C)(C)CNCc1cn[nH]c1-c1cccs1. The minimum Gasteiger partial charge on any atom is -0.359 e. The lowest BCUT2D eigenvalue weighted by atomic mass is 9.92. The van der Waals surface area contributed by atoms with Gasteiger partial charge in [-0.2, -0.15) is 5.10 Å². The molecule has 0 atom stereocenters. The molecule has 108 valence electrons. The highest BCUT2D eigenvalue weighted by Crippen LogP contribution is 2.25. The number of rotatable bonds is 6. The molecule has 0 aliphatic heterocycles. The van der Waals surface area contributed by atoms with Gasteiger partial charge in [0.15, 0.2) is 0 Å². The van der Waals surface area contributed by atoms with Crippen molar-refractivity contribution in [1.82, 2.24) is 20.8 Å². The number of carbonyl (C=O) groups is 1. The van der Waals surface area contributed by atoms with E-state index < -0.39 is 5.41 Å². The molecule has 6 heteroatoms. The lowest BCUT2D eigenvalue weighted by molar-refractivity contribution is -0.128. The summed E-state index contributed by atoms with van der Waals surface area (Å²) in [6, 6.07) is 4.09. The summed E-state index contributed by atoms with van der Waals surface area (Å²) in [5, 5.41) is 15.2. The molecule has 0 saturated heterocycles. The molecule has 2 heterocycles. The molecule has 20 heavy (non-hydrogen) atoms. The van der Waals surface area contributed by atoms with Gasteiger partial charge in [0.25, 0.3) is 0 Å². The van der Waals surface area contributed by atoms with Crippen molar-refractivity contribution >= 4 is 17.2 Å². The summed E-state index contributed by atoms with van der Waals surface area (Å²) in [7, 11) is 1.66. The third kappa shape index (κ3) is 3.26. The monoisotopic (exact) mass is 292 g/mol. The number of hydrogen-bond donors (Lipinski definition) is 3. The number of nitrogens with one attached hydrogen (secondary N) is 3. The topological polar surface area (TPSA) is 69.8 Å². The van der Waals surface area contributed by atoms with Crippen LogP contribution >= 0.6 is 11.3 Å². The second kappa shape index (κ2) is 6.19. The fourth-order valence-electron chi connectivity index (χ4n) is 2.01. The molecule has 0 fully saturated rings. The average molecular weight is 292 g/mol. The van der Waals surface area contributed by atoms with Crippen LogP contribution in [0.3, 0.4) is 0 Å². The van der Waals surface area contributed by atoms with Gasteiger partial charge in [-0.05, 0) is 25.3 Å². The van der Waals surface area contributed by atoms with Gasteiger partial charge < -0.3 is 10.6 Å². The maximum Gasteiger partial charge on any atom is 0.226 e. The molecule has 2 aromatic rings. The molecule has 0 saturated carbocycles. The fourth-order valence-corrected chi connectivity index (χ4v) is 2.76. The maximum absolute atomic E-state index is 11.7. The van der Waals surface area contributed by atoms with Gasteiger partial charge in [0, 0.05) is 25.7 Å². The Morgan fingerprint density at radius 1 is 1.50 bits per heavy atom. The predicted molar refractivity (Wildman–Crippen MR) is 81.5 cm³/mol. The molecule has 2 aromatic heterocycles. The second-order valence-corrected chi connectivity index (χ2v) is 6.26. The van der Waals surface area contributed by atoms with Gasteiger partial charge >= 0.3 is 0 Å². The number of amides is 1. The molecule has 0 aromatic carbocycles. The Kier molecular flexibility index (Phi) is 4.57. The number of hydrogen-bond acceptors (Lipinski definition) is 4. The van der Waals surface area contributed by atoms with Crippen molar-refractivity contribution in [1.29, 1.82) is 0 Å². The smallest absolute Gasteiger partial charge is 0.226 e. The van der Waals surface area contributed by atoms with Crippen LogP contribution in [0.5, 0.6) is 0 Å². The van der Waals surface area contributed by atoms with Gasteiger partial charge in [0.2, 0.25) is 5.91 Å². The van der Waals surface area contributed by atoms with Crippen LogP contribution in [0.1, 0.15) is 19.4 Å². The first kappa shape index (κ1) is 14.7. The largest absolute Gasteiger partial charge is 0.359 e. The Hall–Kier alpha value is -1.66. The first-order valence-electron chi connectivity index (χ1n) is 6.53. The van der Waals surface area contributed by atoms with Gasteiger partial charge in [0.05, 0.1) is 22.2 Å². The van der Waals surface area contributed by atoms with Crippen LogP contribution in [0, 0.1) is 5.41 Å². The highest BCUT2D eigenvalue weighted by Gasteiger charge is 2.26. The van der Waals surface area contributed by atoms with Crippen molar-refractivity contribution in [2.24, 2.45) is 5.41 Å². The summed E-state index contributed by atoms with van der Waals surface area (Å²) in [6.45, 7) is 5.15. The third-order valence-corrected chi connectivity index (χ3v) is 4.10. The number of carbonyl (C=O) groups excluding carboxylic acids is 1. The van der Waals surface area contributed by atoms with Crippen LogP contribution in [0.4, 0.5) is 0 Å². The van der Waals surface area contributed by atoms with E-state index in [9.17, 15) is 4.79 Å². The van der Waals surface area contributed by atoms with Gasteiger partial charge in [0.1, 0.15) is 0 Å². The number of thiophene rings is 1. The van der Waals surface area contributed by atoms with Gasteiger partial charge in [-0.25, -0.2) is 0 Å². The summed E-state index contributed by atoms with van der Waals surface area (Å²) < 4.78 is 0. The van der Waals surface area contributed by atoms with Crippen LogP contribution < -0.4 is 10.6 Å². The van der Waals surface area contributed by atoms with Crippen LogP contribution in [0.25, 0.3) is 10.6 Å². The average Bonchev–Trinajstić information content (AvgIpc) is 3.07. The number of aromatic nitrogens is 2. The number of H-pyrrole nitrogens is 1. The summed E-state index contributed by atoms with van der Waals surface area (Å²) in [5.41, 5.74) is 1.73. The van der Waals surface area contributed by atoms with Crippen molar-refractivity contribution in [3.8, 4) is 10.6 Å². The van der Waals surface area contributed by atoms with E-state index in [1.807, 2.05) is 31.5 Å². The molecule has 0 aliphatic carbocycles. The molecule has 0 unspecified atom stereocenters. The van der Waals surface area contributed by atoms with Crippen LogP contribution in [-0.2, 0) is 11.3 Å². The van der Waals surface area contributed by atoms with E-state index in [0.29, 0.717) is 13.1 Å². The molecule has 2 rings (SSSR count).